The first-order valence-corrected chi connectivity index (χ1v) is 8.85. The van der Waals surface area contributed by atoms with Crippen LogP contribution >= 0.6 is 11.6 Å². The molecule has 3 rings (SSSR count). The zero-order valence-electron chi connectivity index (χ0n) is 15.9. The Bertz CT molecular complexity index is 1050. The van der Waals surface area contributed by atoms with E-state index in [0.717, 1.165) is 5.69 Å². The number of rotatable bonds is 5. The van der Waals surface area contributed by atoms with Crippen LogP contribution in [0.1, 0.15) is 27.5 Å². The second kappa shape index (κ2) is 7.85. The molecule has 0 atom stereocenters. The number of hydrogen-bond acceptors (Lipinski definition) is 6. The summed E-state index contributed by atoms with van der Waals surface area (Å²) in [6.07, 6.45) is 0. The predicted octanol–water partition coefficient (Wildman–Crippen LogP) is 3.45. The molecule has 0 saturated heterocycles. The van der Waals surface area contributed by atoms with Crippen LogP contribution in [-0.4, -0.2) is 33.4 Å². The number of nitrogens with zero attached hydrogens (tertiary/aromatic N) is 3. The van der Waals surface area contributed by atoms with E-state index in [4.69, 9.17) is 20.9 Å². The minimum Gasteiger partial charge on any atom is -0.452 e. The quantitative estimate of drug-likeness (QED) is 0.656. The van der Waals surface area contributed by atoms with Crippen LogP contribution in [0.4, 0.5) is 5.69 Å². The molecule has 0 aliphatic rings. The third kappa shape index (κ3) is 3.77. The number of carbonyl (C=O) groups is 2. The van der Waals surface area contributed by atoms with Gasteiger partial charge < -0.3 is 14.6 Å². The molecule has 0 radical (unpaired) electrons. The summed E-state index contributed by atoms with van der Waals surface area (Å²) in [5.74, 6) is -0.913. The highest BCUT2D eigenvalue weighted by Crippen LogP contribution is 2.31. The smallest absolute Gasteiger partial charge is 0.344 e. The van der Waals surface area contributed by atoms with E-state index < -0.39 is 18.5 Å². The van der Waals surface area contributed by atoms with Crippen molar-refractivity contribution in [2.24, 2.45) is 7.05 Å². The number of halogens is 1. The third-order valence-corrected chi connectivity index (χ3v) is 4.63. The zero-order valence-corrected chi connectivity index (χ0v) is 16.6. The van der Waals surface area contributed by atoms with Crippen LogP contribution in [0.5, 0.6) is 0 Å². The first-order valence-electron chi connectivity index (χ1n) is 8.48. The zero-order chi connectivity index (χ0) is 20.4. The number of aromatic nitrogens is 3. The van der Waals surface area contributed by atoms with Crippen molar-refractivity contribution in [3.05, 3.63) is 52.0 Å². The number of hydrogen-bond donors (Lipinski definition) is 1. The molecule has 2 aromatic heterocycles. The molecule has 0 unspecified atom stereocenters. The first-order chi connectivity index (χ1) is 13.3. The Morgan fingerprint density at radius 2 is 1.96 bits per heavy atom. The van der Waals surface area contributed by atoms with Crippen molar-refractivity contribution in [2.45, 2.75) is 20.8 Å². The first kappa shape index (κ1) is 19.6. The van der Waals surface area contributed by atoms with Gasteiger partial charge in [-0.05, 0) is 26.8 Å². The van der Waals surface area contributed by atoms with Crippen LogP contribution in [0.3, 0.4) is 0 Å². The van der Waals surface area contributed by atoms with E-state index in [1.807, 2.05) is 6.92 Å². The van der Waals surface area contributed by atoms with Gasteiger partial charge in [0.2, 0.25) is 0 Å². The highest BCUT2D eigenvalue weighted by atomic mass is 35.5. The minimum absolute atomic E-state index is 0.134. The van der Waals surface area contributed by atoms with Gasteiger partial charge in [0.25, 0.3) is 5.91 Å². The molecular formula is C19H19ClN4O4. The van der Waals surface area contributed by atoms with Crippen LogP contribution in [0.2, 0.25) is 5.02 Å². The molecule has 28 heavy (non-hydrogen) atoms. The molecule has 0 bridgehead atoms. The van der Waals surface area contributed by atoms with Crippen molar-refractivity contribution in [3.63, 3.8) is 0 Å². The van der Waals surface area contributed by atoms with Gasteiger partial charge in [-0.3, -0.25) is 9.48 Å². The molecule has 9 heteroatoms. The molecule has 0 fully saturated rings. The maximum atomic E-state index is 12.6. The Morgan fingerprint density at radius 1 is 1.25 bits per heavy atom. The number of benzene rings is 1. The minimum atomic E-state index is -0.719. The Labute approximate surface area is 166 Å². The lowest BCUT2D eigenvalue weighted by molar-refractivity contribution is -0.119. The van der Waals surface area contributed by atoms with Gasteiger partial charge in [0, 0.05) is 12.6 Å². The lowest BCUT2D eigenvalue weighted by Gasteiger charge is -2.08. The van der Waals surface area contributed by atoms with E-state index in [2.05, 4.69) is 15.6 Å². The van der Waals surface area contributed by atoms with E-state index in [1.165, 1.54) is 0 Å². The molecule has 0 aliphatic carbocycles. The van der Waals surface area contributed by atoms with Gasteiger partial charge in [0.05, 0.1) is 22.1 Å². The SMILES string of the molecule is Cc1nn(C)c(C)c1NC(=O)COC(=O)c1c(-c2ccccc2Cl)noc1C. The highest BCUT2D eigenvalue weighted by Gasteiger charge is 2.25. The third-order valence-electron chi connectivity index (χ3n) is 4.30. The molecule has 1 N–H and O–H groups in total. The van der Waals surface area contributed by atoms with Crippen molar-refractivity contribution in [3.8, 4) is 11.3 Å². The van der Waals surface area contributed by atoms with Crippen molar-refractivity contribution in [2.75, 3.05) is 11.9 Å². The van der Waals surface area contributed by atoms with Gasteiger partial charge in [-0.1, -0.05) is 35.0 Å². The lowest BCUT2D eigenvalue weighted by atomic mass is 10.1. The van der Waals surface area contributed by atoms with E-state index in [9.17, 15) is 9.59 Å². The normalized spacial score (nSPS) is 10.8. The number of esters is 1. The van der Waals surface area contributed by atoms with Crippen molar-refractivity contribution in [1.29, 1.82) is 0 Å². The van der Waals surface area contributed by atoms with E-state index in [0.29, 0.717) is 22.0 Å². The van der Waals surface area contributed by atoms with Crippen molar-refractivity contribution < 1.29 is 18.8 Å². The Balaban J connectivity index is 1.73. The predicted molar refractivity (Wildman–Crippen MR) is 103 cm³/mol. The molecule has 0 saturated carbocycles. The molecule has 2 heterocycles. The van der Waals surface area contributed by atoms with Crippen LogP contribution in [0.25, 0.3) is 11.3 Å². The number of carbonyl (C=O) groups excluding carboxylic acids is 2. The van der Waals surface area contributed by atoms with Gasteiger partial charge in [0.1, 0.15) is 17.0 Å². The summed E-state index contributed by atoms with van der Waals surface area (Å²) in [4.78, 5) is 24.8. The van der Waals surface area contributed by atoms with E-state index >= 15 is 0 Å². The second-order valence-corrected chi connectivity index (χ2v) is 6.64. The number of nitrogens with one attached hydrogen (secondary N) is 1. The largest absolute Gasteiger partial charge is 0.452 e. The van der Waals surface area contributed by atoms with Crippen molar-refractivity contribution >= 4 is 29.2 Å². The molecule has 1 amide bonds. The van der Waals surface area contributed by atoms with Gasteiger partial charge >= 0.3 is 5.97 Å². The molecule has 8 nitrogen and oxygen atoms in total. The maximum Gasteiger partial charge on any atom is 0.344 e. The summed E-state index contributed by atoms with van der Waals surface area (Å²) in [6, 6.07) is 6.94. The summed E-state index contributed by atoms with van der Waals surface area (Å²) in [5, 5.41) is 11.3. The summed E-state index contributed by atoms with van der Waals surface area (Å²) in [6.45, 7) is 4.74. The maximum absolute atomic E-state index is 12.6. The number of anilines is 1. The molecular weight excluding hydrogens is 384 g/mol. The van der Waals surface area contributed by atoms with Gasteiger partial charge in [-0.25, -0.2) is 4.79 Å². The number of ether oxygens (including phenoxy) is 1. The van der Waals surface area contributed by atoms with Crippen LogP contribution < -0.4 is 5.32 Å². The summed E-state index contributed by atoms with van der Waals surface area (Å²) in [5.41, 5.74) is 3.02. The van der Waals surface area contributed by atoms with E-state index in [-0.39, 0.29) is 17.0 Å². The van der Waals surface area contributed by atoms with Crippen molar-refractivity contribution in [1.82, 2.24) is 14.9 Å². The molecule has 0 aliphatic heterocycles. The fraction of sp³-hybridized carbons (Fsp3) is 0.263. The Morgan fingerprint density at radius 3 is 2.61 bits per heavy atom. The van der Waals surface area contributed by atoms with Crippen LogP contribution in [-0.2, 0) is 16.6 Å². The highest BCUT2D eigenvalue weighted by molar-refractivity contribution is 6.33. The summed E-state index contributed by atoms with van der Waals surface area (Å²) < 4.78 is 12.0. The fourth-order valence-electron chi connectivity index (χ4n) is 2.78. The monoisotopic (exact) mass is 402 g/mol. The second-order valence-electron chi connectivity index (χ2n) is 6.24. The Kier molecular flexibility index (Phi) is 5.51. The molecule has 0 spiro atoms. The number of aryl methyl sites for hydroxylation is 3. The van der Waals surface area contributed by atoms with Gasteiger partial charge in [0.15, 0.2) is 6.61 Å². The van der Waals surface area contributed by atoms with Gasteiger partial charge in [-0.15, -0.1) is 0 Å². The average Bonchev–Trinajstić information content (AvgIpc) is 3.15. The van der Waals surface area contributed by atoms with Crippen LogP contribution in [0.15, 0.2) is 28.8 Å². The van der Waals surface area contributed by atoms with Gasteiger partial charge in [-0.2, -0.15) is 5.10 Å². The topological polar surface area (TPSA) is 99.2 Å². The summed E-state index contributed by atoms with van der Waals surface area (Å²) in [7, 11) is 1.78. The van der Waals surface area contributed by atoms with Crippen LogP contribution in [0, 0.1) is 20.8 Å². The Hall–Kier alpha value is -3.13. The molecule has 1 aromatic carbocycles. The standard InChI is InChI=1S/C19H19ClN4O4/c1-10-17(11(2)24(4)22-10)21-15(25)9-27-19(26)16-12(3)28-23-18(16)13-7-5-6-8-14(13)20/h5-8H,9H2,1-4H3,(H,21,25). The molecule has 3 aromatic rings. The lowest BCUT2D eigenvalue weighted by Crippen LogP contribution is -2.22. The number of amides is 1. The summed E-state index contributed by atoms with van der Waals surface area (Å²) >= 11 is 6.19. The average molecular weight is 403 g/mol. The molecule has 146 valence electrons. The van der Waals surface area contributed by atoms with E-state index in [1.54, 1.807) is 49.8 Å². The fourth-order valence-corrected chi connectivity index (χ4v) is 3.01.